The van der Waals surface area contributed by atoms with Crippen molar-refractivity contribution in [2.24, 2.45) is 17.8 Å². The molecule has 0 bridgehead atoms. The zero-order valence-corrected chi connectivity index (χ0v) is 46.7. The van der Waals surface area contributed by atoms with E-state index in [0.717, 1.165) is 115 Å². The van der Waals surface area contributed by atoms with Crippen molar-refractivity contribution in [3.63, 3.8) is 0 Å². The Bertz CT molecular complexity index is 1080. The number of hydrogen-bond donors (Lipinski definition) is 1. The number of carbonyl (C=O) groups excluding carboxylic acids is 3. The van der Waals surface area contributed by atoms with Gasteiger partial charge in [-0.1, -0.05) is 213 Å². The molecule has 0 spiro atoms. The third-order valence-corrected chi connectivity index (χ3v) is 15.9. The highest BCUT2D eigenvalue weighted by Gasteiger charge is 2.29. The van der Waals surface area contributed by atoms with E-state index in [2.05, 4.69) is 44.4 Å². The van der Waals surface area contributed by atoms with Crippen LogP contribution < -0.4 is 0 Å². The van der Waals surface area contributed by atoms with E-state index >= 15 is 0 Å². The molecule has 1 fully saturated rings. The van der Waals surface area contributed by atoms with Crippen molar-refractivity contribution < 1.29 is 29.0 Å². The summed E-state index contributed by atoms with van der Waals surface area (Å²) >= 11 is 1.57. The number of β-amino-alcohol motifs (C(OH)–C–C–N with tert-alkyl or cyclic N) is 1. The molecule has 1 amide bonds. The zero-order valence-electron chi connectivity index (χ0n) is 45.8. The molecule has 0 aliphatic carbocycles. The van der Waals surface area contributed by atoms with Crippen molar-refractivity contribution in [3.8, 4) is 0 Å². The van der Waals surface area contributed by atoms with Gasteiger partial charge in [0, 0.05) is 37.7 Å². The second-order valence-electron chi connectivity index (χ2n) is 21.2. The number of hydrogen-bond acceptors (Lipinski definition) is 8. The third-order valence-electron chi connectivity index (χ3n) is 14.9. The number of nitrogens with zero attached hydrogens (tertiary/aromatic N) is 2. The quantitative estimate of drug-likeness (QED) is 0.0476. The SMILES string of the molecule is CCCCCCCSC(=O)N(CC1CCN(CCO)CC1)C(CCCCCCCCC(=O)OCC(CCCC)CCCCCC)CCCCCCCCC(=O)OCC(CCCC)CCCCCC. The monoisotopic (exact) mass is 979 g/mol. The molecule has 0 aromatic rings. The molecule has 0 saturated carbocycles. The maximum absolute atomic E-state index is 14.2. The predicted octanol–water partition coefficient (Wildman–Crippen LogP) is 17.1. The topological polar surface area (TPSA) is 96.4 Å². The van der Waals surface area contributed by atoms with E-state index in [1.807, 2.05) is 0 Å². The second kappa shape index (κ2) is 48.0. The summed E-state index contributed by atoms with van der Waals surface area (Å²) in [6.07, 6.45) is 44.4. The zero-order chi connectivity index (χ0) is 49.6. The van der Waals surface area contributed by atoms with Crippen molar-refractivity contribution in [1.82, 2.24) is 9.80 Å². The first-order valence-corrected chi connectivity index (χ1v) is 30.9. The number of aliphatic hydroxyl groups is 1. The Morgan fingerprint density at radius 3 is 1.35 bits per heavy atom. The smallest absolute Gasteiger partial charge is 0.305 e. The van der Waals surface area contributed by atoms with Crippen LogP contribution in [0.1, 0.15) is 285 Å². The number of aliphatic hydroxyl groups excluding tert-OH is 1. The van der Waals surface area contributed by atoms with Crippen molar-refractivity contribution >= 4 is 28.9 Å². The summed E-state index contributed by atoms with van der Waals surface area (Å²) in [5.41, 5.74) is 0. The van der Waals surface area contributed by atoms with Gasteiger partial charge in [-0.15, -0.1) is 0 Å². The fourth-order valence-electron chi connectivity index (χ4n) is 10.2. The van der Waals surface area contributed by atoms with Crippen LogP contribution in [0.2, 0.25) is 0 Å². The van der Waals surface area contributed by atoms with Crippen molar-refractivity contribution in [1.29, 1.82) is 0 Å². The fraction of sp³-hybridized carbons (Fsp3) is 0.949. The number of ether oxygens (including phenoxy) is 2. The Balaban J connectivity index is 2.71. The molecule has 68 heavy (non-hydrogen) atoms. The number of carbonyl (C=O) groups is 3. The van der Waals surface area contributed by atoms with Crippen LogP contribution in [0.3, 0.4) is 0 Å². The normalized spacial score (nSPS) is 14.8. The summed E-state index contributed by atoms with van der Waals surface area (Å²) in [5.74, 6) is 2.43. The molecule has 2 atom stereocenters. The van der Waals surface area contributed by atoms with Gasteiger partial charge >= 0.3 is 11.9 Å². The molecule has 0 aromatic heterocycles. The van der Waals surface area contributed by atoms with Crippen LogP contribution in [0.5, 0.6) is 0 Å². The number of thioether (sulfide) groups is 1. The minimum absolute atomic E-state index is 0.0138. The maximum atomic E-state index is 14.2. The maximum Gasteiger partial charge on any atom is 0.305 e. The summed E-state index contributed by atoms with van der Waals surface area (Å²) in [5, 5.41) is 9.84. The predicted molar refractivity (Wildman–Crippen MR) is 293 cm³/mol. The standard InChI is InChI=1S/C59H114N2O6S/c1-6-11-16-27-34-49-68-59(65)61(50-53-43-45-60(46-44-53)47-48-62)56(39-30-23-19-21-25-32-41-57(63)66-51-54(35-14-9-4)37-28-17-12-7-2)40-31-24-20-22-26-33-42-58(64)67-52-55(36-15-10-5)38-29-18-13-8-3/h53-56,62H,6-52H2,1-5H3. The van der Waals surface area contributed by atoms with Gasteiger partial charge in [-0.25, -0.2) is 0 Å². The van der Waals surface area contributed by atoms with Gasteiger partial charge in [-0.05, 0) is 101 Å². The van der Waals surface area contributed by atoms with Crippen LogP contribution in [-0.4, -0.2) is 89.9 Å². The molecule has 1 N–H and O–H groups in total. The molecule has 1 rings (SSSR count). The fourth-order valence-corrected chi connectivity index (χ4v) is 11.1. The second-order valence-corrected chi connectivity index (χ2v) is 22.3. The first kappa shape index (κ1) is 64.7. The Morgan fingerprint density at radius 2 is 0.897 bits per heavy atom. The molecule has 0 aromatic carbocycles. The van der Waals surface area contributed by atoms with Crippen LogP contribution in [0, 0.1) is 17.8 Å². The van der Waals surface area contributed by atoms with Gasteiger partial charge in [0.25, 0.3) is 5.24 Å². The summed E-state index contributed by atoms with van der Waals surface area (Å²) in [7, 11) is 0. The number of piperidine rings is 1. The first-order valence-electron chi connectivity index (χ1n) is 29.9. The van der Waals surface area contributed by atoms with Gasteiger partial charge in [0.1, 0.15) is 0 Å². The average molecular weight is 980 g/mol. The van der Waals surface area contributed by atoms with Gasteiger partial charge in [-0.2, -0.15) is 0 Å². The van der Waals surface area contributed by atoms with Crippen LogP contribution in [0.15, 0.2) is 0 Å². The molecule has 0 radical (unpaired) electrons. The minimum atomic E-state index is -0.0138. The van der Waals surface area contributed by atoms with Crippen molar-refractivity contribution in [3.05, 3.63) is 0 Å². The summed E-state index contributed by atoms with van der Waals surface area (Å²) in [6.45, 7) is 16.3. The van der Waals surface area contributed by atoms with Crippen molar-refractivity contribution in [2.75, 3.05) is 51.8 Å². The van der Waals surface area contributed by atoms with Gasteiger partial charge in [0.2, 0.25) is 0 Å². The highest BCUT2D eigenvalue weighted by atomic mass is 32.2. The lowest BCUT2D eigenvalue weighted by atomic mass is 9.93. The average Bonchev–Trinajstić information content (AvgIpc) is 3.34. The summed E-state index contributed by atoms with van der Waals surface area (Å²) in [6, 6.07) is 0.274. The number of likely N-dealkylation sites (tertiary alicyclic amines) is 1. The largest absolute Gasteiger partial charge is 0.465 e. The Labute approximate surface area is 426 Å². The van der Waals surface area contributed by atoms with Crippen LogP contribution in [0.4, 0.5) is 4.79 Å². The molecule has 9 heteroatoms. The molecular weight excluding hydrogens is 865 g/mol. The highest BCUT2D eigenvalue weighted by Crippen LogP contribution is 2.28. The van der Waals surface area contributed by atoms with E-state index in [0.29, 0.717) is 49.0 Å². The van der Waals surface area contributed by atoms with Gasteiger partial charge in [-0.3, -0.25) is 14.4 Å². The van der Waals surface area contributed by atoms with Crippen LogP contribution in [-0.2, 0) is 19.1 Å². The summed E-state index contributed by atoms with van der Waals surface area (Å²) < 4.78 is 11.6. The van der Waals surface area contributed by atoms with E-state index in [-0.39, 0.29) is 24.6 Å². The number of rotatable bonds is 49. The van der Waals surface area contributed by atoms with E-state index in [1.54, 1.807) is 11.8 Å². The Morgan fingerprint density at radius 1 is 0.515 bits per heavy atom. The number of unbranched alkanes of at least 4 members (excludes halogenated alkanes) is 22. The number of amides is 1. The first-order chi connectivity index (χ1) is 33.3. The molecule has 1 saturated heterocycles. The molecule has 1 aliphatic heterocycles. The Hall–Kier alpha value is -1.32. The molecule has 1 aliphatic rings. The lowest BCUT2D eigenvalue weighted by molar-refractivity contribution is -0.146. The van der Waals surface area contributed by atoms with Gasteiger partial charge in [0.05, 0.1) is 19.8 Å². The number of esters is 2. The highest BCUT2D eigenvalue weighted by molar-refractivity contribution is 8.13. The summed E-state index contributed by atoms with van der Waals surface area (Å²) in [4.78, 5) is 44.2. The lowest BCUT2D eigenvalue weighted by Crippen LogP contribution is -2.45. The Kier molecular flexibility index (Phi) is 45.6. The third kappa shape index (κ3) is 37.5. The lowest BCUT2D eigenvalue weighted by Gasteiger charge is -2.38. The minimum Gasteiger partial charge on any atom is -0.465 e. The van der Waals surface area contributed by atoms with Gasteiger partial charge < -0.3 is 24.4 Å². The van der Waals surface area contributed by atoms with Gasteiger partial charge in [0.15, 0.2) is 0 Å². The molecule has 8 nitrogen and oxygen atoms in total. The molecule has 402 valence electrons. The van der Waals surface area contributed by atoms with E-state index in [9.17, 15) is 19.5 Å². The van der Waals surface area contributed by atoms with E-state index < -0.39 is 0 Å². The molecule has 2 unspecified atom stereocenters. The van der Waals surface area contributed by atoms with E-state index in [4.69, 9.17) is 9.47 Å². The van der Waals surface area contributed by atoms with Crippen LogP contribution >= 0.6 is 11.8 Å². The van der Waals surface area contributed by atoms with E-state index in [1.165, 1.54) is 154 Å². The van der Waals surface area contributed by atoms with Crippen molar-refractivity contribution in [2.45, 2.75) is 291 Å². The van der Waals surface area contributed by atoms with Crippen LogP contribution in [0.25, 0.3) is 0 Å². The molecule has 1 heterocycles. The molecular formula is C59H114N2O6S.